The highest BCUT2D eigenvalue weighted by atomic mass is 16.5. The van der Waals surface area contributed by atoms with Gasteiger partial charge in [0, 0.05) is 49.0 Å². The lowest BCUT2D eigenvalue weighted by molar-refractivity contribution is -0.122. The van der Waals surface area contributed by atoms with E-state index in [0.29, 0.717) is 19.2 Å². The molecular formula is C25H36N6O4. The van der Waals surface area contributed by atoms with Gasteiger partial charge in [0.25, 0.3) is 6.47 Å². The van der Waals surface area contributed by atoms with Gasteiger partial charge in [-0.15, -0.1) is 0 Å². The molecule has 1 fully saturated rings. The molecule has 0 spiro atoms. The summed E-state index contributed by atoms with van der Waals surface area (Å²) in [6, 6.07) is 8.28. The van der Waals surface area contributed by atoms with Crippen LogP contribution >= 0.6 is 0 Å². The third-order valence-corrected chi connectivity index (χ3v) is 6.18. The van der Waals surface area contributed by atoms with E-state index in [9.17, 15) is 4.79 Å². The van der Waals surface area contributed by atoms with Crippen LogP contribution in [0.4, 0.5) is 16.3 Å². The van der Waals surface area contributed by atoms with Gasteiger partial charge in [0.15, 0.2) is 5.82 Å². The summed E-state index contributed by atoms with van der Waals surface area (Å²) in [7, 11) is 0. The van der Waals surface area contributed by atoms with Crippen LogP contribution in [0.15, 0.2) is 24.3 Å². The van der Waals surface area contributed by atoms with Gasteiger partial charge < -0.3 is 25.4 Å². The van der Waals surface area contributed by atoms with Crippen LogP contribution in [0, 0.1) is 0 Å². The molecule has 2 aliphatic rings. The number of urea groups is 1. The third-order valence-electron chi connectivity index (χ3n) is 6.18. The Labute approximate surface area is 206 Å². The van der Waals surface area contributed by atoms with Crippen LogP contribution in [0.3, 0.4) is 0 Å². The first-order chi connectivity index (χ1) is 16.9. The Morgan fingerprint density at radius 3 is 2.60 bits per heavy atom. The van der Waals surface area contributed by atoms with Gasteiger partial charge in [0.2, 0.25) is 0 Å². The van der Waals surface area contributed by atoms with Gasteiger partial charge in [0.05, 0.1) is 24.9 Å². The van der Waals surface area contributed by atoms with E-state index in [-0.39, 0.29) is 18.5 Å². The number of benzene rings is 1. The topological polar surface area (TPSA) is 120 Å². The van der Waals surface area contributed by atoms with E-state index in [1.165, 1.54) is 5.56 Å². The second-order valence-corrected chi connectivity index (χ2v) is 8.89. The highest BCUT2D eigenvalue weighted by Gasteiger charge is 2.29. The number of morpholine rings is 1. The Balaban J connectivity index is 0.00000108. The van der Waals surface area contributed by atoms with Crippen molar-refractivity contribution in [1.29, 1.82) is 0 Å². The van der Waals surface area contributed by atoms with Gasteiger partial charge in [-0.25, -0.2) is 14.8 Å². The summed E-state index contributed by atoms with van der Waals surface area (Å²) in [4.78, 5) is 35.1. The van der Waals surface area contributed by atoms with Crippen molar-refractivity contribution in [3.05, 3.63) is 35.5 Å². The molecule has 1 aromatic carbocycles. The van der Waals surface area contributed by atoms with Crippen LogP contribution in [-0.4, -0.2) is 77.4 Å². The van der Waals surface area contributed by atoms with Crippen molar-refractivity contribution in [1.82, 2.24) is 20.2 Å². The molecule has 2 aromatic rings. The van der Waals surface area contributed by atoms with Gasteiger partial charge in [0.1, 0.15) is 5.82 Å². The van der Waals surface area contributed by atoms with E-state index in [1.807, 2.05) is 31.2 Å². The minimum atomic E-state index is -0.250. The quantitative estimate of drug-likeness (QED) is 0.554. The number of hydrogen-bond donors (Lipinski definition) is 3. The first-order valence-electron chi connectivity index (χ1n) is 12.1. The van der Waals surface area contributed by atoms with Crippen LogP contribution in [0.2, 0.25) is 0 Å². The molecule has 10 heteroatoms. The normalized spacial score (nSPS) is 17.7. The van der Waals surface area contributed by atoms with Crippen molar-refractivity contribution in [2.75, 3.05) is 43.1 Å². The number of carboxylic acid groups (broad SMARTS) is 1. The molecule has 10 nitrogen and oxygen atoms in total. The molecule has 0 aliphatic carbocycles. The largest absolute Gasteiger partial charge is 0.483 e. The van der Waals surface area contributed by atoms with Gasteiger partial charge in [-0.3, -0.25) is 9.69 Å². The van der Waals surface area contributed by atoms with E-state index < -0.39 is 0 Å². The van der Waals surface area contributed by atoms with E-state index >= 15 is 0 Å². The van der Waals surface area contributed by atoms with Crippen molar-refractivity contribution in [3.63, 3.8) is 0 Å². The number of ether oxygens (including phenoxy) is 1. The second-order valence-electron chi connectivity index (χ2n) is 8.89. The molecule has 0 radical (unpaired) electrons. The minimum absolute atomic E-state index is 0.206. The molecule has 35 heavy (non-hydrogen) atoms. The zero-order chi connectivity index (χ0) is 25.4. The van der Waals surface area contributed by atoms with Gasteiger partial charge in [-0.1, -0.05) is 0 Å². The lowest BCUT2D eigenvalue weighted by atomic mass is 10.0. The molecule has 0 bridgehead atoms. The Morgan fingerprint density at radius 1 is 1.26 bits per heavy atom. The Morgan fingerprint density at radius 2 is 1.97 bits per heavy atom. The number of nitrogens with one attached hydrogen (secondary N) is 2. The summed E-state index contributed by atoms with van der Waals surface area (Å²) in [5.74, 6) is 1.78. The fourth-order valence-electron chi connectivity index (χ4n) is 4.32. The molecule has 3 heterocycles. The van der Waals surface area contributed by atoms with Crippen LogP contribution in [0.25, 0.3) is 11.4 Å². The number of fused-ring (bicyclic) bond motifs is 1. The number of carbonyl (C=O) groups is 2. The van der Waals surface area contributed by atoms with Crippen molar-refractivity contribution < 1.29 is 19.4 Å². The standard InChI is InChI=1S/C24H34N6O2.CH2O2/c1-5-25-24(31)26-19-8-6-18(7-9-19)22-27-21-14-29(16(2)3)11-10-20(21)23(28-22)30-12-13-32-15-17(30)4;2-1-3/h6-9,16-17H,5,10-15H2,1-4H3,(H2,25,26,31);1H,(H,2,3). The lowest BCUT2D eigenvalue weighted by Crippen LogP contribution is -2.45. The SMILES string of the molecule is CCNC(=O)Nc1ccc(-c2nc3c(c(N4CCOCC4C)n2)CCN(C(C)C)C3)cc1.O=CO. The molecule has 3 N–H and O–H groups in total. The highest BCUT2D eigenvalue weighted by Crippen LogP contribution is 2.32. The average molecular weight is 485 g/mol. The molecule has 2 amide bonds. The van der Waals surface area contributed by atoms with Crippen LogP contribution in [0.5, 0.6) is 0 Å². The molecule has 0 saturated carbocycles. The molecule has 2 aliphatic heterocycles. The number of amides is 2. The van der Waals surface area contributed by atoms with E-state index in [1.54, 1.807) is 0 Å². The summed E-state index contributed by atoms with van der Waals surface area (Å²) in [5.41, 5.74) is 4.07. The summed E-state index contributed by atoms with van der Waals surface area (Å²) in [6.45, 7) is 13.0. The number of anilines is 2. The number of aromatic nitrogens is 2. The van der Waals surface area contributed by atoms with E-state index in [2.05, 4.69) is 41.2 Å². The summed E-state index contributed by atoms with van der Waals surface area (Å²) in [6.07, 6.45) is 0.961. The summed E-state index contributed by atoms with van der Waals surface area (Å²) < 4.78 is 5.67. The molecule has 190 valence electrons. The lowest BCUT2D eigenvalue weighted by Gasteiger charge is -2.38. The fourth-order valence-corrected chi connectivity index (χ4v) is 4.32. The maximum absolute atomic E-state index is 11.8. The Bertz CT molecular complexity index is 998. The number of carbonyl (C=O) groups excluding carboxylic acids is 1. The minimum Gasteiger partial charge on any atom is -0.483 e. The Hall–Kier alpha value is -3.24. The first kappa shape index (κ1) is 26.4. The molecule has 1 saturated heterocycles. The zero-order valence-corrected chi connectivity index (χ0v) is 21.0. The van der Waals surface area contributed by atoms with Crippen LogP contribution < -0.4 is 15.5 Å². The summed E-state index contributed by atoms with van der Waals surface area (Å²) >= 11 is 0. The van der Waals surface area contributed by atoms with Crippen molar-refractivity contribution >= 4 is 24.0 Å². The van der Waals surface area contributed by atoms with Crippen LogP contribution in [0.1, 0.15) is 39.0 Å². The first-order valence-corrected chi connectivity index (χ1v) is 12.1. The maximum atomic E-state index is 11.8. The molecular weight excluding hydrogens is 448 g/mol. The van der Waals surface area contributed by atoms with E-state index in [0.717, 1.165) is 61.2 Å². The van der Waals surface area contributed by atoms with Crippen molar-refractivity contribution in [2.45, 2.75) is 52.7 Å². The average Bonchev–Trinajstić information content (AvgIpc) is 2.84. The van der Waals surface area contributed by atoms with Gasteiger partial charge in [-0.2, -0.15) is 0 Å². The second kappa shape index (κ2) is 12.5. The predicted molar refractivity (Wildman–Crippen MR) is 136 cm³/mol. The van der Waals surface area contributed by atoms with Gasteiger partial charge in [-0.05, 0) is 58.4 Å². The Kier molecular flexibility index (Phi) is 9.39. The van der Waals surface area contributed by atoms with Crippen molar-refractivity contribution in [2.24, 2.45) is 0 Å². The fraction of sp³-hybridized carbons (Fsp3) is 0.520. The smallest absolute Gasteiger partial charge is 0.319 e. The number of hydrogen-bond acceptors (Lipinski definition) is 7. The highest BCUT2D eigenvalue weighted by molar-refractivity contribution is 5.89. The summed E-state index contributed by atoms with van der Waals surface area (Å²) in [5, 5.41) is 12.5. The number of nitrogens with zero attached hydrogens (tertiary/aromatic N) is 4. The monoisotopic (exact) mass is 484 g/mol. The maximum Gasteiger partial charge on any atom is 0.319 e. The molecule has 1 aromatic heterocycles. The van der Waals surface area contributed by atoms with Crippen LogP contribution in [-0.2, 0) is 22.5 Å². The van der Waals surface area contributed by atoms with E-state index in [4.69, 9.17) is 24.6 Å². The molecule has 1 unspecified atom stereocenters. The predicted octanol–water partition coefficient (Wildman–Crippen LogP) is 2.98. The van der Waals surface area contributed by atoms with Crippen molar-refractivity contribution in [3.8, 4) is 11.4 Å². The third kappa shape index (κ3) is 6.67. The zero-order valence-electron chi connectivity index (χ0n) is 21.0. The van der Waals surface area contributed by atoms with Gasteiger partial charge >= 0.3 is 6.03 Å². The molecule has 1 atom stereocenters. The molecule has 4 rings (SSSR count). The number of rotatable bonds is 5.